The molecule has 0 aliphatic carbocycles. The van der Waals surface area contributed by atoms with Gasteiger partial charge in [-0.1, -0.05) is 103 Å². The largest absolute Gasteiger partial charge is 0.370 e. The van der Waals surface area contributed by atoms with Crippen molar-refractivity contribution in [2.75, 3.05) is 29.0 Å². The summed E-state index contributed by atoms with van der Waals surface area (Å²) in [4.78, 5) is 7.37. The highest BCUT2D eigenvalue weighted by Crippen LogP contribution is 2.43. The van der Waals surface area contributed by atoms with E-state index in [1.165, 1.54) is 22.9 Å². The lowest BCUT2D eigenvalue weighted by Crippen LogP contribution is -2.38. The van der Waals surface area contributed by atoms with Crippen LogP contribution in [0.25, 0.3) is 0 Å². The van der Waals surface area contributed by atoms with Crippen LogP contribution in [0, 0.1) is 6.92 Å². The minimum Gasteiger partial charge on any atom is -0.370 e. The molecule has 0 radical (unpaired) electrons. The van der Waals surface area contributed by atoms with E-state index in [0.29, 0.717) is 11.6 Å². The number of hydrogen-bond donors (Lipinski definition) is 1. The van der Waals surface area contributed by atoms with Crippen molar-refractivity contribution in [2.45, 2.75) is 31.2 Å². The van der Waals surface area contributed by atoms with Crippen molar-refractivity contribution in [1.82, 2.24) is 9.55 Å². The molecule has 6 rings (SSSR count). The Labute approximate surface area is 248 Å². The minimum atomic E-state index is -3.37. The molecule has 1 aromatic heterocycles. The highest BCUT2D eigenvalue weighted by Gasteiger charge is 2.40. The second-order valence-corrected chi connectivity index (χ2v) is 12.8. The van der Waals surface area contributed by atoms with Crippen molar-refractivity contribution in [2.24, 2.45) is 0 Å². The van der Waals surface area contributed by atoms with Gasteiger partial charge in [-0.25, -0.2) is 13.4 Å². The van der Waals surface area contributed by atoms with Crippen LogP contribution in [0.2, 0.25) is 0 Å². The van der Waals surface area contributed by atoms with Crippen molar-refractivity contribution in [1.29, 1.82) is 0 Å². The van der Waals surface area contributed by atoms with Crippen molar-refractivity contribution >= 4 is 21.4 Å². The molecule has 4 aromatic carbocycles. The second kappa shape index (κ2) is 11.5. The molecule has 0 unspecified atom stereocenters. The second-order valence-electron chi connectivity index (χ2n) is 11.0. The molecule has 6 nitrogen and oxygen atoms in total. The number of anilines is 2. The first-order chi connectivity index (χ1) is 20.4. The Bertz CT molecular complexity index is 1650. The van der Waals surface area contributed by atoms with Gasteiger partial charge in [-0.2, -0.15) is 0 Å². The van der Waals surface area contributed by atoms with Crippen LogP contribution in [0.4, 0.5) is 11.4 Å². The quantitative estimate of drug-likeness (QED) is 0.207. The summed E-state index contributed by atoms with van der Waals surface area (Å²) in [6, 6.07) is 39.7. The maximum Gasteiger partial charge on any atom is 0.229 e. The number of imidazole rings is 1. The summed E-state index contributed by atoms with van der Waals surface area (Å²) in [5.41, 5.74) is 6.78. The van der Waals surface area contributed by atoms with Crippen LogP contribution in [0.3, 0.4) is 0 Å². The van der Waals surface area contributed by atoms with Gasteiger partial charge in [-0.15, -0.1) is 0 Å². The summed E-state index contributed by atoms with van der Waals surface area (Å²) in [7, 11) is -3.37. The third kappa shape index (κ3) is 5.21. The Hall–Kier alpha value is -4.36. The maximum atomic E-state index is 12.0. The van der Waals surface area contributed by atoms with Crippen molar-refractivity contribution in [3.8, 4) is 0 Å². The number of nitrogens with one attached hydrogen (secondary N) is 1. The van der Waals surface area contributed by atoms with Crippen LogP contribution in [-0.2, 0) is 15.6 Å². The predicted molar refractivity (Wildman–Crippen MR) is 171 cm³/mol. The van der Waals surface area contributed by atoms with Crippen LogP contribution >= 0.6 is 0 Å². The van der Waals surface area contributed by atoms with E-state index in [2.05, 4.69) is 112 Å². The predicted octanol–water partition coefficient (Wildman–Crippen LogP) is 6.79. The van der Waals surface area contributed by atoms with Crippen LogP contribution in [0.15, 0.2) is 122 Å². The van der Waals surface area contributed by atoms with Gasteiger partial charge in [-0.05, 0) is 48.6 Å². The zero-order valence-electron chi connectivity index (χ0n) is 24.0. The van der Waals surface area contributed by atoms with Crippen LogP contribution in [0.1, 0.15) is 46.8 Å². The molecule has 0 amide bonds. The van der Waals surface area contributed by atoms with Gasteiger partial charge in [0.05, 0.1) is 29.7 Å². The van der Waals surface area contributed by atoms with Gasteiger partial charge in [0.2, 0.25) is 10.0 Å². The van der Waals surface area contributed by atoms with Crippen LogP contribution in [0.5, 0.6) is 0 Å². The summed E-state index contributed by atoms with van der Waals surface area (Å²) in [6.45, 7) is 3.84. The number of hydrogen-bond acceptors (Lipinski definition) is 4. The summed E-state index contributed by atoms with van der Waals surface area (Å²) in [5.74, 6) is 0.303. The molecule has 0 atom stereocenters. The molecule has 1 aliphatic rings. The average molecular weight is 577 g/mol. The Balaban J connectivity index is 1.38. The fourth-order valence-electron chi connectivity index (χ4n) is 6.55. The van der Waals surface area contributed by atoms with Crippen molar-refractivity contribution in [3.63, 3.8) is 0 Å². The van der Waals surface area contributed by atoms with E-state index in [1.54, 1.807) is 0 Å². The van der Waals surface area contributed by atoms with Gasteiger partial charge in [0.1, 0.15) is 5.54 Å². The number of sulfonamides is 1. The van der Waals surface area contributed by atoms with Crippen LogP contribution in [-0.4, -0.2) is 37.3 Å². The monoisotopic (exact) mass is 576 g/mol. The number of nitrogens with zero attached hydrogens (tertiary/aromatic N) is 3. The van der Waals surface area contributed by atoms with Crippen molar-refractivity contribution < 1.29 is 8.42 Å². The Morgan fingerprint density at radius 2 is 1.21 bits per heavy atom. The van der Waals surface area contributed by atoms with E-state index in [-0.39, 0.29) is 0 Å². The molecule has 1 fully saturated rings. The first-order valence-electron chi connectivity index (χ1n) is 14.4. The molecular formula is C35H36N4O2S. The third-order valence-electron chi connectivity index (χ3n) is 8.40. The Morgan fingerprint density at radius 1 is 0.738 bits per heavy atom. The maximum absolute atomic E-state index is 12.0. The standard InChI is InChI=1S/C35H36N4O2S/c1-27-34(28-22-24-38(25-23-28)33-21-13-12-20-32(33)37-42(2,40)41)36-26-39(27)35(29-14-6-3-7-15-29,30-16-8-4-9-17-30)31-18-10-5-11-19-31/h3-21,26,28,37H,22-25H2,1-2H3. The summed E-state index contributed by atoms with van der Waals surface area (Å²) >= 11 is 0. The number of benzene rings is 4. The molecule has 7 heteroatoms. The van der Waals surface area contributed by atoms with Gasteiger partial charge in [0.15, 0.2) is 0 Å². The van der Waals surface area contributed by atoms with E-state index < -0.39 is 15.6 Å². The lowest BCUT2D eigenvalue weighted by atomic mass is 9.76. The molecule has 2 heterocycles. The number of piperidine rings is 1. The van der Waals surface area contributed by atoms with Gasteiger partial charge >= 0.3 is 0 Å². The summed E-state index contributed by atoms with van der Waals surface area (Å²) in [5, 5.41) is 0. The molecule has 42 heavy (non-hydrogen) atoms. The molecule has 0 bridgehead atoms. The number of aromatic nitrogens is 2. The summed E-state index contributed by atoms with van der Waals surface area (Å²) < 4.78 is 29.0. The van der Waals surface area contributed by atoms with Gasteiger partial charge in [0, 0.05) is 24.7 Å². The normalized spacial score (nSPS) is 14.6. The fraction of sp³-hybridized carbons (Fsp3) is 0.229. The van der Waals surface area contributed by atoms with E-state index in [9.17, 15) is 8.42 Å². The average Bonchev–Trinajstić information content (AvgIpc) is 3.40. The Morgan fingerprint density at radius 3 is 1.71 bits per heavy atom. The molecule has 1 aliphatic heterocycles. The highest BCUT2D eigenvalue weighted by atomic mass is 32.2. The van der Waals surface area contributed by atoms with Gasteiger partial charge < -0.3 is 9.47 Å². The number of para-hydroxylation sites is 2. The lowest BCUT2D eigenvalue weighted by Gasteiger charge is -2.39. The SMILES string of the molecule is Cc1c(C2CCN(c3ccccc3NS(C)(=O)=O)CC2)ncn1C(c1ccccc1)(c1ccccc1)c1ccccc1. The number of rotatable bonds is 8. The third-order valence-corrected chi connectivity index (χ3v) is 8.99. The lowest BCUT2D eigenvalue weighted by molar-refractivity contribution is 0.484. The van der Waals surface area contributed by atoms with Gasteiger partial charge in [-0.3, -0.25) is 4.72 Å². The fourth-order valence-corrected chi connectivity index (χ4v) is 7.12. The van der Waals surface area contributed by atoms with Gasteiger partial charge in [0.25, 0.3) is 0 Å². The molecule has 214 valence electrons. The molecule has 0 saturated carbocycles. The molecular weight excluding hydrogens is 540 g/mol. The topological polar surface area (TPSA) is 67.2 Å². The minimum absolute atomic E-state index is 0.303. The molecule has 1 saturated heterocycles. The van der Waals surface area contributed by atoms with E-state index >= 15 is 0 Å². The molecule has 1 N–H and O–H groups in total. The highest BCUT2D eigenvalue weighted by molar-refractivity contribution is 7.92. The smallest absolute Gasteiger partial charge is 0.229 e. The first-order valence-corrected chi connectivity index (χ1v) is 16.3. The molecule has 5 aromatic rings. The zero-order valence-corrected chi connectivity index (χ0v) is 24.8. The first kappa shape index (κ1) is 27.8. The van der Waals surface area contributed by atoms with Crippen LogP contribution < -0.4 is 9.62 Å². The van der Waals surface area contributed by atoms with E-state index in [4.69, 9.17) is 4.98 Å². The Kier molecular flexibility index (Phi) is 7.60. The summed E-state index contributed by atoms with van der Waals surface area (Å²) in [6.07, 6.45) is 5.07. The zero-order chi connectivity index (χ0) is 29.2. The van der Waals surface area contributed by atoms with E-state index in [0.717, 1.165) is 43.0 Å². The molecule has 0 spiro atoms. The van der Waals surface area contributed by atoms with E-state index in [1.807, 2.05) is 30.6 Å². The van der Waals surface area contributed by atoms with Crippen molar-refractivity contribution in [3.05, 3.63) is 150 Å².